The highest BCUT2D eigenvalue weighted by Crippen LogP contribution is 2.52. The molecule has 1 N–H and O–H groups in total. The molecule has 0 aromatic rings. The summed E-state index contributed by atoms with van der Waals surface area (Å²) in [6, 6.07) is 0. The van der Waals surface area contributed by atoms with Gasteiger partial charge in [0, 0.05) is 18.2 Å². The Balaban J connectivity index is 2.38. The summed E-state index contributed by atoms with van der Waals surface area (Å²) in [5.74, 6) is 3.82. The van der Waals surface area contributed by atoms with Crippen LogP contribution in [0.1, 0.15) is 34.6 Å². The number of fused-ring (bicyclic) bond motifs is 1. The van der Waals surface area contributed by atoms with E-state index < -0.39 is 0 Å². The average molecular weight is 219 g/mol. The van der Waals surface area contributed by atoms with E-state index in [9.17, 15) is 0 Å². The Bertz CT molecular complexity index is 314. The molecule has 0 radical (unpaired) electrons. The molecule has 2 bridgehead atoms. The van der Waals surface area contributed by atoms with Gasteiger partial charge in [0.2, 0.25) is 0 Å². The zero-order chi connectivity index (χ0) is 11.9. The molecule has 0 aliphatic heterocycles. The molecule has 1 heteroatoms. The summed E-state index contributed by atoms with van der Waals surface area (Å²) >= 11 is 0. The molecule has 1 nitrogen and oxygen atoms in total. The van der Waals surface area contributed by atoms with Crippen LogP contribution in [0.15, 0.2) is 23.4 Å². The molecule has 4 atom stereocenters. The SMILES string of the molecule is CCNC1=C(C(C)C)C=C[C@@H]2C(C)C1[C@H]2C. The molecule has 3 aliphatic carbocycles. The fourth-order valence-corrected chi connectivity index (χ4v) is 3.58. The molecule has 0 aromatic carbocycles. The summed E-state index contributed by atoms with van der Waals surface area (Å²) in [6.07, 6.45) is 4.83. The molecule has 2 unspecified atom stereocenters. The molecule has 1 fully saturated rings. The van der Waals surface area contributed by atoms with E-state index in [-0.39, 0.29) is 0 Å². The van der Waals surface area contributed by atoms with Gasteiger partial charge in [-0.2, -0.15) is 0 Å². The normalized spacial score (nSPS) is 37.4. The minimum Gasteiger partial charge on any atom is -0.388 e. The first-order chi connectivity index (χ1) is 7.57. The predicted molar refractivity (Wildman–Crippen MR) is 70.0 cm³/mol. The lowest BCUT2D eigenvalue weighted by molar-refractivity contribution is 0.0622. The largest absolute Gasteiger partial charge is 0.388 e. The fraction of sp³-hybridized carbons (Fsp3) is 0.733. The minimum absolute atomic E-state index is 0.629. The Labute approximate surface area is 100 Å². The van der Waals surface area contributed by atoms with Gasteiger partial charge >= 0.3 is 0 Å². The van der Waals surface area contributed by atoms with Gasteiger partial charge in [-0.05, 0) is 36.2 Å². The van der Waals surface area contributed by atoms with E-state index in [1.807, 2.05) is 0 Å². The van der Waals surface area contributed by atoms with Crippen LogP contribution in [0.25, 0.3) is 0 Å². The van der Waals surface area contributed by atoms with Crippen LogP contribution in [-0.2, 0) is 0 Å². The molecule has 16 heavy (non-hydrogen) atoms. The predicted octanol–water partition coefficient (Wildman–Crippen LogP) is 3.59. The van der Waals surface area contributed by atoms with Crippen LogP contribution in [0.4, 0.5) is 0 Å². The van der Waals surface area contributed by atoms with Crippen molar-refractivity contribution in [2.24, 2.45) is 29.6 Å². The highest BCUT2D eigenvalue weighted by atomic mass is 14.9. The van der Waals surface area contributed by atoms with Crippen molar-refractivity contribution in [3.63, 3.8) is 0 Å². The van der Waals surface area contributed by atoms with E-state index >= 15 is 0 Å². The molecule has 3 rings (SSSR count). The molecular formula is C15H25N. The van der Waals surface area contributed by atoms with Gasteiger partial charge in [-0.15, -0.1) is 0 Å². The maximum Gasteiger partial charge on any atom is 0.0179 e. The van der Waals surface area contributed by atoms with Crippen LogP contribution in [0.3, 0.4) is 0 Å². The lowest BCUT2D eigenvalue weighted by atomic mass is 9.57. The maximum absolute atomic E-state index is 3.63. The molecular weight excluding hydrogens is 194 g/mol. The summed E-state index contributed by atoms with van der Waals surface area (Å²) in [4.78, 5) is 0. The summed E-state index contributed by atoms with van der Waals surface area (Å²) in [5, 5.41) is 3.63. The van der Waals surface area contributed by atoms with Crippen LogP contribution >= 0.6 is 0 Å². The molecule has 0 spiro atoms. The summed E-state index contributed by atoms with van der Waals surface area (Å²) < 4.78 is 0. The summed E-state index contributed by atoms with van der Waals surface area (Å²) in [5.41, 5.74) is 3.06. The van der Waals surface area contributed by atoms with E-state index in [4.69, 9.17) is 0 Å². The lowest BCUT2D eigenvalue weighted by Gasteiger charge is -2.48. The Morgan fingerprint density at radius 2 is 1.88 bits per heavy atom. The van der Waals surface area contributed by atoms with E-state index in [0.29, 0.717) is 5.92 Å². The number of hydrogen-bond donors (Lipinski definition) is 1. The Hall–Kier alpha value is -0.720. The highest BCUT2D eigenvalue weighted by molar-refractivity contribution is 5.35. The van der Waals surface area contributed by atoms with Crippen molar-refractivity contribution in [1.29, 1.82) is 0 Å². The van der Waals surface area contributed by atoms with Crippen molar-refractivity contribution in [1.82, 2.24) is 5.32 Å². The third kappa shape index (κ3) is 1.61. The zero-order valence-corrected chi connectivity index (χ0v) is 11.2. The highest BCUT2D eigenvalue weighted by Gasteiger charge is 2.47. The second kappa shape index (κ2) is 4.27. The van der Waals surface area contributed by atoms with Gasteiger partial charge in [-0.3, -0.25) is 0 Å². The van der Waals surface area contributed by atoms with E-state index in [0.717, 1.165) is 30.2 Å². The van der Waals surface area contributed by atoms with Crippen molar-refractivity contribution in [2.45, 2.75) is 34.6 Å². The van der Waals surface area contributed by atoms with Crippen molar-refractivity contribution in [3.05, 3.63) is 23.4 Å². The van der Waals surface area contributed by atoms with Gasteiger partial charge in [0.15, 0.2) is 0 Å². The average Bonchev–Trinajstić information content (AvgIpc) is 2.46. The van der Waals surface area contributed by atoms with Gasteiger partial charge in [-0.1, -0.05) is 39.8 Å². The van der Waals surface area contributed by atoms with Crippen LogP contribution in [0.5, 0.6) is 0 Å². The molecule has 90 valence electrons. The van der Waals surface area contributed by atoms with Gasteiger partial charge in [0.05, 0.1) is 0 Å². The van der Waals surface area contributed by atoms with Crippen molar-refractivity contribution in [3.8, 4) is 0 Å². The zero-order valence-electron chi connectivity index (χ0n) is 11.2. The van der Waals surface area contributed by atoms with Crippen molar-refractivity contribution >= 4 is 0 Å². The lowest BCUT2D eigenvalue weighted by Crippen LogP contribution is -2.45. The molecule has 0 amide bonds. The van der Waals surface area contributed by atoms with Gasteiger partial charge < -0.3 is 5.32 Å². The standard InChI is InChI=1S/C15H25N/c1-6-16-15-12(9(2)3)7-8-13-10(4)14(15)11(13)5/h7-11,13-14,16H,6H2,1-5H3/t10-,11?,13-,14?/m0/s1. The van der Waals surface area contributed by atoms with Crippen LogP contribution in [0, 0.1) is 29.6 Å². The molecule has 0 heterocycles. The second-order valence-electron chi connectivity index (χ2n) is 5.73. The number of allylic oxidation sites excluding steroid dienone is 4. The Morgan fingerprint density at radius 1 is 1.25 bits per heavy atom. The Morgan fingerprint density at radius 3 is 2.38 bits per heavy atom. The first kappa shape index (κ1) is 11.8. The monoisotopic (exact) mass is 219 g/mol. The van der Waals surface area contributed by atoms with Crippen LogP contribution < -0.4 is 5.32 Å². The first-order valence-corrected chi connectivity index (χ1v) is 6.74. The molecule has 0 aromatic heterocycles. The Kier molecular flexibility index (Phi) is 3.14. The van der Waals surface area contributed by atoms with Gasteiger partial charge in [-0.25, -0.2) is 0 Å². The van der Waals surface area contributed by atoms with Crippen LogP contribution in [-0.4, -0.2) is 6.54 Å². The summed E-state index contributed by atoms with van der Waals surface area (Å²) in [7, 11) is 0. The molecule has 0 saturated heterocycles. The smallest absolute Gasteiger partial charge is 0.0179 e. The molecule has 3 aliphatic rings. The minimum atomic E-state index is 0.629. The third-order valence-electron chi connectivity index (χ3n) is 4.48. The summed E-state index contributed by atoms with van der Waals surface area (Å²) in [6.45, 7) is 12.6. The van der Waals surface area contributed by atoms with Gasteiger partial charge in [0.1, 0.15) is 0 Å². The third-order valence-corrected chi connectivity index (χ3v) is 4.48. The second-order valence-corrected chi connectivity index (χ2v) is 5.73. The number of nitrogens with one attached hydrogen (secondary N) is 1. The quantitative estimate of drug-likeness (QED) is 0.765. The topological polar surface area (TPSA) is 12.0 Å². The molecule has 1 saturated carbocycles. The number of rotatable bonds is 3. The number of hydrogen-bond acceptors (Lipinski definition) is 1. The fourth-order valence-electron chi connectivity index (χ4n) is 3.58. The van der Waals surface area contributed by atoms with Crippen molar-refractivity contribution < 1.29 is 0 Å². The first-order valence-electron chi connectivity index (χ1n) is 6.74. The van der Waals surface area contributed by atoms with E-state index in [1.165, 1.54) is 11.3 Å². The van der Waals surface area contributed by atoms with E-state index in [2.05, 4.69) is 52.1 Å². The van der Waals surface area contributed by atoms with Crippen LogP contribution in [0.2, 0.25) is 0 Å². The van der Waals surface area contributed by atoms with E-state index in [1.54, 1.807) is 0 Å². The maximum atomic E-state index is 3.63. The van der Waals surface area contributed by atoms with Crippen molar-refractivity contribution in [2.75, 3.05) is 6.54 Å². The van der Waals surface area contributed by atoms with Gasteiger partial charge in [0.25, 0.3) is 0 Å².